The number of benzene rings is 11. The summed E-state index contributed by atoms with van der Waals surface area (Å²) in [6.07, 6.45) is 0. The van der Waals surface area contributed by atoms with Gasteiger partial charge in [0.25, 0.3) is 0 Å². The lowest BCUT2D eigenvalue weighted by atomic mass is 9.96. The Balaban J connectivity index is 0.998. The van der Waals surface area contributed by atoms with Crippen molar-refractivity contribution in [3.05, 3.63) is 243 Å². The molecule has 0 N–H and O–H groups in total. The first-order valence-electron chi connectivity index (χ1n) is 22.2. The van der Waals surface area contributed by atoms with Crippen molar-refractivity contribution in [2.24, 2.45) is 0 Å². The van der Waals surface area contributed by atoms with Crippen LogP contribution in [0.25, 0.3) is 104 Å². The number of furan rings is 1. The van der Waals surface area contributed by atoms with E-state index in [9.17, 15) is 0 Å². The summed E-state index contributed by atoms with van der Waals surface area (Å²) in [5, 5.41) is 9.58. The van der Waals surface area contributed by atoms with Gasteiger partial charge in [0.2, 0.25) is 0 Å². The maximum Gasteiger partial charge on any atom is 0.145 e. The molecule has 0 unspecified atom stereocenters. The first-order chi connectivity index (χ1) is 32.2. The van der Waals surface area contributed by atoms with E-state index in [4.69, 9.17) is 4.42 Å². The van der Waals surface area contributed by atoms with Gasteiger partial charge in [-0.15, -0.1) is 0 Å². The highest BCUT2D eigenvalue weighted by Gasteiger charge is 2.23. The molecule has 0 radical (unpaired) electrons. The van der Waals surface area contributed by atoms with E-state index in [1.165, 1.54) is 65.6 Å². The van der Waals surface area contributed by atoms with Crippen LogP contribution in [-0.2, 0) is 0 Å². The van der Waals surface area contributed by atoms with E-state index in [0.29, 0.717) is 0 Å². The average molecular weight is 829 g/mol. The van der Waals surface area contributed by atoms with Gasteiger partial charge in [0, 0.05) is 38.8 Å². The van der Waals surface area contributed by atoms with Crippen molar-refractivity contribution in [3.63, 3.8) is 0 Å². The predicted molar refractivity (Wildman–Crippen MR) is 274 cm³/mol. The Kier molecular flexibility index (Phi) is 8.53. The van der Waals surface area contributed by atoms with Gasteiger partial charge in [-0.1, -0.05) is 176 Å². The summed E-state index contributed by atoms with van der Waals surface area (Å²) in [5.41, 5.74) is 15.3. The quantitative estimate of drug-likeness (QED) is 0.160. The molecule has 65 heavy (non-hydrogen) atoms. The zero-order chi connectivity index (χ0) is 42.8. The molecule has 11 aromatic carbocycles. The number of hydrogen-bond acceptors (Lipinski definition) is 2. The minimum Gasteiger partial charge on any atom is -0.455 e. The molecular formula is C62H40N2O. The Morgan fingerprint density at radius 2 is 0.831 bits per heavy atom. The highest BCUT2D eigenvalue weighted by atomic mass is 16.3. The molecule has 13 rings (SSSR count). The lowest BCUT2D eigenvalue weighted by Gasteiger charge is -2.27. The van der Waals surface area contributed by atoms with Gasteiger partial charge in [-0.3, -0.25) is 0 Å². The summed E-state index contributed by atoms with van der Waals surface area (Å²) < 4.78 is 9.35. The number of rotatable bonds is 7. The number of para-hydroxylation sites is 3. The van der Waals surface area contributed by atoms with Gasteiger partial charge < -0.3 is 13.9 Å². The Labute approximate surface area is 376 Å². The van der Waals surface area contributed by atoms with Gasteiger partial charge in [-0.25, -0.2) is 0 Å². The summed E-state index contributed by atoms with van der Waals surface area (Å²) in [7, 11) is 0. The van der Waals surface area contributed by atoms with Gasteiger partial charge in [0.05, 0.1) is 22.1 Å². The van der Waals surface area contributed by atoms with Gasteiger partial charge in [-0.2, -0.15) is 0 Å². The van der Waals surface area contributed by atoms with E-state index in [1.807, 2.05) is 0 Å². The molecule has 2 heterocycles. The van der Waals surface area contributed by atoms with Gasteiger partial charge in [0.1, 0.15) is 11.2 Å². The number of nitrogens with zero attached hydrogens (tertiary/aromatic N) is 2. The fourth-order valence-corrected chi connectivity index (χ4v) is 10.2. The molecule has 0 bridgehead atoms. The lowest BCUT2D eigenvalue weighted by molar-refractivity contribution is 0.670. The molecule has 2 aromatic heterocycles. The Morgan fingerprint density at radius 1 is 0.338 bits per heavy atom. The standard InChI is InChI=1S/C62H40N2O/c1-3-20-49-41(14-1)16-12-25-51(49)43-30-34-46(35-31-43)63(47-36-32-44(33-37-47)52-26-13-17-42-15-2-4-21-50(42)52)59-39-38-53(62-61(59)56-24-7-10-29-60(56)65-62)45-18-11-19-48(40-45)64-57-27-8-5-22-54(57)55-23-6-9-28-58(55)64/h1-40H. The van der Waals surface area contributed by atoms with Crippen LogP contribution < -0.4 is 4.90 Å². The largest absolute Gasteiger partial charge is 0.455 e. The molecule has 304 valence electrons. The summed E-state index contributed by atoms with van der Waals surface area (Å²) in [6, 6.07) is 87.6. The predicted octanol–water partition coefficient (Wildman–Crippen LogP) is 17.5. The number of fused-ring (bicyclic) bond motifs is 8. The first kappa shape index (κ1) is 36.9. The van der Waals surface area contributed by atoms with E-state index in [1.54, 1.807) is 0 Å². The lowest BCUT2D eigenvalue weighted by Crippen LogP contribution is -2.10. The third-order valence-corrected chi connectivity index (χ3v) is 13.2. The van der Waals surface area contributed by atoms with E-state index in [2.05, 4.69) is 252 Å². The van der Waals surface area contributed by atoms with E-state index in [-0.39, 0.29) is 0 Å². The Hall–Kier alpha value is -8.66. The highest BCUT2D eigenvalue weighted by molar-refractivity contribution is 6.17. The van der Waals surface area contributed by atoms with E-state index in [0.717, 1.165) is 55.8 Å². The highest BCUT2D eigenvalue weighted by Crippen LogP contribution is 2.47. The maximum absolute atomic E-state index is 6.97. The second-order valence-corrected chi connectivity index (χ2v) is 16.8. The molecule has 13 aromatic rings. The van der Waals surface area contributed by atoms with Crippen LogP contribution in [0.5, 0.6) is 0 Å². The minimum absolute atomic E-state index is 0.854. The summed E-state index contributed by atoms with van der Waals surface area (Å²) in [5.74, 6) is 0. The first-order valence-corrected chi connectivity index (χ1v) is 22.2. The molecular weight excluding hydrogens is 789 g/mol. The smallest absolute Gasteiger partial charge is 0.145 e. The van der Waals surface area contributed by atoms with Crippen molar-refractivity contribution >= 4 is 82.4 Å². The molecule has 3 heteroatoms. The molecule has 0 aliphatic rings. The van der Waals surface area contributed by atoms with Gasteiger partial charge in [0.15, 0.2) is 0 Å². The molecule has 0 atom stereocenters. The molecule has 0 saturated heterocycles. The number of hydrogen-bond donors (Lipinski definition) is 0. The maximum atomic E-state index is 6.97. The second-order valence-electron chi connectivity index (χ2n) is 16.8. The molecule has 0 aliphatic heterocycles. The normalized spacial score (nSPS) is 11.7. The van der Waals surface area contributed by atoms with Crippen molar-refractivity contribution in [2.75, 3.05) is 4.90 Å². The second kappa shape index (κ2) is 15.0. The van der Waals surface area contributed by atoms with Crippen molar-refractivity contribution in [1.29, 1.82) is 0 Å². The molecule has 0 aliphatic carbocycles. The Morgan fingerprint density at radius 3 is 1.43 bits per heavy atom. The monoisotopic (exact) mass is 828 g/mol. The molecule has 0 amide bonds. The SMILES string of the molecule is c1cc(-c2ccc(N(c3ccc(-c4cccc5ccccc45)cc3)c3ccc(-c4cccc5ccccc45)cc3)c3c2oc2ccccc23)cc(-n2c3ccccc3c3ccccc32)c1. The van der Waals surface area contributed by atoms with Crippen molar-refractivity contribution in [2.45, 2.75) is 0 Å². The van der Waals surface area contributed by atoms with Gasteiger partial charge >= 0.3 is 0 Å². The molecule has 0 saturated carbocycles. The van der Waals surface area contributed by atoms with Crippen LogP contribution in [0.2, 0.25) is 0 Å². The average Bonchev–Trinajstić information content (AvgIpc) is 3.94. The van der Waals surface area contributed by atoms with E-state index >= 15 is 0 Å². The molecule has 3 nitrogen and oxygen atoms in total. The molecule has 0 spiro atoms. The van der Waals surface area contributed by atoms with Crippen molar-refractivity contribution in [3.8, 4) is 39.1 Å². The minimum atomic E-state index is 0.854. The van der Waals surface area contributed by atoms with Gasteiger partial charge in [-0.05, 0) is 116 Å². The molecule has 0 fully saturated rings. The fraction of sp³-hybridized carbons (Fsp3) is 0. The zero-order valence-electron chi connectivity index (χ0n) is 35.4. The van der Waals surface area contributed by atoms with Crippen LogP contribution in [0, 0.1) is 0 Å². The van der Waals surface area contributed by atoms with E-state index < -0.39 is 0 Å². The number of aromatic nitrogens is 1. The van der Waals surface area contributed by atoms with Crippen LogP contribution in [0.4, 0.5) is 17.1 Å². The zero-order valence-corrected chi connectivity index (χ0v) is 35.4. The topological polar surface area (TPSA) is 21.3 Å². The summed E-state index contributed by atoms with van der Waals surface area (Å²) in [6.45, 7) is 0. The van der Waals surface area contributed by atoms with Crippen LogP contribution in [0.3, 0.4) is 0 Å². The summed E-state index contributed by atoms with van der Waals surface area (Å²) >= 11 is 0. The Bertz CT molecular complexity index is 3760. The third-order valence-electron chi connectivity index (χ3n) is 13.2. The van der Waals surface area contributed by atoms with Crippen LogP contribution in [0.1, 0.15) is 0 Å². The fourth-order valence-electron chi connectivity index (χ4n) is 10.2. The van der Waals surface area contributed by atoms with Crippen molar-refractivity contribution in [1.82, 2.24) is 4.57 Å². The van der Waals surface area contributed by atoms with Crippen LogP contribution >= 0.6 is 0 Å². The summed E-state index contributed by atoms with van der Waals surface area (Å²) in [4.78, 5) is 2.39. The van der Waals surface area contributed by atoms with Crippen molar-refractivity contribution < 1.29 is 4.42 Å². The number of anilines is 3. The third kappa shape index (κ3) is 6.05. The van der Waals surface area contributed by atoms with Crippen LogP contribution in [-0.4, -0.2) is 4.57 Å². The van der Waals surface area contributed by atoms with Crippen LogP contribution in [0.15, 0.2) is 247 Å².